The zero-order valence-corrected chi connectivity index (χ0v) is 13.8. The van der Waals surface area contributed by atoms with Gasteiger partial charge in [-0.25, -0.2) is 0 Å². The van der Waals surface area contributed by atoms with Crippen LogP contribution in [0.2, 0.25) is 5.02 Å². The Morgan fingerprint density at radius 1 is 1.20 bits per heavy atom. The van der Waals surface area contributed by atoms with Crippen LogP contribution in [0, 0.1) is 0 Å². The maximum atomic E-state index is 5.91. The second-order valence-corrected chi connectivity index (χ2v) is 5.82. The SMILES string of the molecule is CCNC(C)c1ccc(Oc2ccc(Cl)cc2Br)cc1. The minimum Gasteiger partial charge on any atom is -0.456 e. The van der Waals surface area contributed by atoms with Gasteiger partial charge in [-0.1, -0.05) is 30.7 Å². The van der Waals surface area contributed by atoms with Gasteiger partial charge in [0.1, 0.15) is 11.5 Å². The Balaban J connectivity index is 2.10. The molecule has 0 saturated carbocycles. The van der Waals surface area contributed by atoms with Gasteiger partial charge in [-0.05, 0) is 65.3 Å². The third-order valence-corrected chi connectivity index (χ3v) is 3.87. The van der Waals surface area contributed by atoms with E-state index < -0.39 is 0 Å². The quantitative estimate of drug-likeness (QED) is 0.758. The first-order valence-corrected chi connectivity index (χ1v) is 7.73. The van der Waals surface area contributed by atoms with E-state index in [4.69, 9.17) is 16.3 Å². The average Bonchev–Trinajstić information content (AvgIpc) is 2.43. The second-order valence-electron chi connectivity index (χ2n) is 4.53. The van der Waals surface area contributed by atoms with Crippen molar-refractivity contribution in [3.8, 4) is 11.5 Å². The van der Waals surface area contributed by atoms with Crippen molar-refractivity contribution in [1.82, 2.24) is 5.32 Å². The van der Waals surface area contributed by atoms with Gasteiger partial charge in [0, 0.05) is 11.1 Å². The molecule has 1 unspecified atom stereocenters. The summed E-state index contributed by atoms with van der Waals surface area (Å²) in [7, 11) is 0. The molecule has 0 aliphatic rings. The number of halogens is 2. The van der Waals surface area contributed by atoms with E-state index in [0.29, 0.717) is 11.1 Å². The third-order valence-electron chi connectivity index (χ3n) is 3.01. The topological polar surface area (TPSA) is 21.3 Å². The van der Waals surface area contributed by atoms with Crippen LogP contribution in [-0.2, 0) is 0 Å². The van der Waals surface area contributed by atoms with Crippen molar-refractivity contribution in [1.29, 1.82) is 0 Å². The first kappa shape index (κ1) is 15.4. The minimum atomic E-state index is 0.344. The van der Waals surface area contributed by atoms with Crippen molar-refractivity contribution >= 4 is 27.5 Å². The number of hydrogen-bond donors (Lipinski definition) is 1. The van der Waals surface area contributed by atoms with Crippen LogP contribution < -0.4 is 10.1 Å². The lowest BCUT2D eigenvalue weighted by Gasteiger charge is -2.13. The van der Waals surface area contributed by atoms with Crippen LogP contribution in [-0.4, -0.2) is 6.54 Å². The molecule has 0 radical (unpaired) electrons. The van der Waals surface area contributed by atoms with Gasteiger partial charge in [-0.3, -0.25) is 0 Å². The fourth-order valence-corrected chi connectivity index (χ4v) is 2.70. The summed E-state index contributed by atoms with van der Waals surface area (Å²) in [5, 5.41) is 4.06. The van der Waals surface area contributed by atoms with Gasteiger partial charge >= 0.3 is 0 Å². The molecule has 20 heavy (non-hydrogen) atoms. The van der Waals surface area contributed by atoms with Gasteiger partial charge in [0.15, 0.2) is 0 Å². The van der Waals surface area contributed by atoms with Crippen LogP contribution in [0.4, 0.5) is 0 Å². The van der Waals surface area contributed by atoms with Crippen molar-refractivity contribution in [2.45, 2.75) is 19.9 Å². The standard InChI is InChI=1S/C16H17BrClNO/c1-3-19-11(2)12-4-7-14(8-5-12)20-16-9-6-13(18)10-15(16)17/h4-11,19H,3H2,1-2H3. The van der Waals surface area contributed by atoms with Crippen molar-refractivity contribution in [3.05, 3.63) is 57.5 Å². The maximum absolute atomic E-state index is 5.91. The summed E-state index contributed by atoms with van der Waals surface area (Å²) in [6.07, 6.45) is 0. The largest absolute Gasteiger partial charge is 0.456 e. The Morgan fingerprint density at radius 3 is 2.50 bits per heavy atom. The highest BCUT2D eigenvalue weighted by molar-refractivity contribution is 9.10. The Kier molecular flexibility index (Phi) is 5.46. The van der Waals surface area contributed by atoms with E-state index in [1.807, 2.05) is 30.3 Å². The molecule has 0 amide bonds. The van der Waals surface area contributed by atoms with E-state index in [1.165, 1.54) is 5.56 Å². The fourth-order valence-electron chi connectivity index (χ4n) is 1.93. The third kappa shape index (κ3) is 3.98. The molecule has 2 aromatic carbocycles. The monoisotopic (exact) mass is 353 g/mol. The molecule has 1 atom stereocenters. The van der Waals surface area contributed by atoms with E-state index in [2.05, 4.69) is 47.2 Å². The average molecular weight is 355 g/mol. The smallest absolute Gasteiger partial charge is 0.141 e. The molecule has 0 heterocycles. The predicted molar refractivity (Wildman–Crippen MR) is 87.8 cm³/mol. The number of ether oxygens (including phenoxy) is 1. The zero-order valence-electron chi connectivity index (χ0n) is 11.5. The number of benzene rings is 2. The first-order valence-electron chi connectivity index (χ1n) is 6.56. The molecule has 0 aromatic heterocycles. The number of rotatable bonds is 5. The van der Waals surface area contributed by atoms with Crippen molar-refractivity contribution in [2.75, 3.05) is 6.54 Å². The van der Waals surface area contributed by atoms with Crippen LogP contribution in [0.15, 0.2) is 46.9 Å². The molecular weight excluding hydrogens is 338 g/mol. The van der Waals surface area contributed by atoms with Gasteiger partial charge < -0.3 is 10.1 Å². The Bertz CT molecular complexity index is 571. The number of hydrogen-bond acceptors (Lipinski definition) is 2. The fraction of sp³-hybridized carbons (Fsp3) is 0.250. The van der Waals surface area contributed by atoms with Gasteiger partial charge in [0.25, 0.3) is 0 Å². The lowest BCUT2D eigenvalue weighted by molar-refractivity contribution is 0.479. The lowest BCUT2D eigenvalue weighted by atomic mass is 10.1. The number of nitrogens with one attached hydrogen (secondary N) is 1. The van der Waals surface area contributed by atoms with Crippen LogP contribution in [0.25, 0.3) is 0 Å². The van der Waals surface area contributed by atoms with E-state index in [9.17, 15) is 0 Å². The summed E-state index contributed by atoms with van der Waals surface area (Å²) in [6.45, 7) is 5.21. The van der Waals surface area contributed by atoms with E-state index in [0.717, 1.165) is 22.5 Å². The molecule has 4 heteroatoms. The van der Waals surface area contributed by atoms with E-state index >= 15 is 0 Å². The molecule has 0 bridgehead atoms. The highest BCUT2D eigenvalue weighted by Gasteiger charge is 2.06. The second kappa shape index (κ2) is 7.11. The molecule has 0 aliphatic carbocycles. The highest BCUT2D eigenvalue weighted by atomic mass is 79.9. The molecule has 0 aliphatic heterocycles. The molecular formula is C16H17BrClNO. The molecule has 2 rings (SSSR count). The molecule has 1 N–H and O–H groups in total. The maximum Gasteiger partial charge on any atom is 0.141 e. The van der Waals surface area contributed by atoms with E-state index in [-0.39, 0.29) is 0 Å². The van der Waals surface area contributed by atoms with E-state index in [1.54, 1.807) is 0 Å². The predicted octanol–water partition coefficient (Wildman–Crippen LogP) is 5.57. The normalized spacial score (nSPS) is 12.2. The van der Waals surface area contributed by atoms with Crippen LogP contribution in [0.5, 0.6) is 11.5 Å². The molecule has 106 valence electrons. The Labute approximate surface area is 133 Å². The lowest BCUT2D eigenvalue weighted by Crippen LogP contribution is -2.17. The zero-order chi connectivity index (χ0) is 14.5. The Morgan fingerprint density at radius 2 is 1.90 bits per heavy atom. The van der Waals surface area contributed by atoms with Gasteiger partial charge in [0.2, 0.25) is 0 Å². The van der Waals surface area contributed by atoms with Gasteiger partial charge in [0.05, 0.1) is 4.47 Å². The van der Waals surface area contributed by atoms with Crippen LogP contribution in [0.3, 0.4) is 0 Å². The molecule has 2 aromatic rings. The molecule has 0 saturated heterocycles. The van der Waals surface area contributed by atoms with Crippen molar-refractivity contribution in [2.24, 2.45) is 0 Å². The minimum absolute atomic E-state index is 0.344. The first-order chi connectivity index (χ1) is 9.60. The van der Waals surface area contributed by atoms with Crippen LogP contribution in [0.1, 0.15) is 25.5 Å². The van der Waals surface area contributed by atoms with Crippen molar-refractivity contribution in [3.63, 3.8) is 0 Å². The molecule has 0 fully saturated rings. The summed E-state index contributed by atoms with van der Waals surface area (Å²) in [4.78, 5) is 0. The molecule has 0 spiro atoms. The summed E-state index contributed by atoms with van der Waals surface area (Å²) in [5.74, 6) is 1.56. The molecule has 2 nitrogen and oxygen atoms in total. The summed E-state index contributed by atoms with van der Waals surface area (Å²) >= 11 is 9.36. The highest BCUT2D eigenvalue weighted by Crippen LogP contribution is 2.32. The van der Waals surface area contributed by atoms with Gasteiger partial charge in [-0.15, -0.1) is 0 Å². The summed E-state index contributed by atoms with van der Waals surface area (Å²) < 4.78 is 6.68. The van der Waals surface area contributed by atoms with Gasteiger partial charge in [-0.2, -0.15) is 0 Å². The summed E-state index contributed by atoms with van der Waals surface area (Å²) in [5.41, 5.74) is 1.24. The summed E-state index contributed by atoms with van der Waals surface area (Å²) in [6, 6.07) is 13.9. The van der Waals surface area contributed by atoms with Crippen molar-refractivity contribution < 1.29 is 4.74 Å². The Hall–Kier alpha value is -1.03. The van der Waals surface area contributed by atoms with Crippen LogP contribution >= 0.6 is 27.5 Å².